The molecule has 0 amide bonds. The number of nitrogens with zero attached hydrogens (tertiary/aromatic N) is 4. The highest BCUT2D eigenvalue weighted by Crippen LogP contribution is 2.25. The summed E-state index contributed by atoms with van der Waals surface area (Å²) in [6, 6.07) is 12.5. The number of pyridine rings is 1. The molecule has 0 saturated carbocycles. The summed E-state index contributed by atoms with van der Waals surface area (Å²) in [5, 5.41) is 0. The van der Waals surface area contributed by atoms with E-state index in [1.54, 1.807) is 6.20 Å². The van der Waals surface area contributed by atoms with Crippen LogP contribution >= 0.6 is 0 Å². The molecular formula is C24H27N5O. The van der Waals surface area contributed by atoms with Gasteiger partial charge in [0.2, 0.25) is 0 Å². The Balaban J connectivity index is 1.35. The maximum Gasteiger partial charge on any atom is 0.254 e. The average Bonchev–Trinajstić information content (AvgIpc) is 3.30. The predicted octanol–water partition coefficient (Wildman–Crippen LogP) is 3.30. The molecule has 0 aliphatic carbocycles. The van der Waals surface area contributed by atoms with Gasteiger partial charge in [0.15, 0.2) is 5.82 Å². The number of H-pyrrole nitrogens is 1. The van der Waals surface area contributed by atoms with Crippen LogP contribution in [-0.2, 0) is 19.5 Å². The zero-order valence-corrected chi connectivity index (χ0v) is 17.4. The molecule has 0 bridgehead atoms. The molecule has 0 atom stereocenters. The van der Waals surface area contributed by atoms with E-state index in [0.29, 0.717) is 18.1 Å². The Morgan fingerprint density at radius 2 is 1.97 bits per heavy atom. The quantitative estimate of drug-likeness (QED) is 0.727. The van der Waals surface area contributed by atoms with Crippen molar-refractivity contribution in [3.05, 3.63) is 75.3 Å². The van der Waals surface area contributed by atoms with Crippen LogP contribution in [0.25, 0.3) is 11.5 Å². The Bertz CT molecular complexity index is 1100. The van der Waals surface area contributed by atoms with Gasteiger partial charge in [-0.25, -0.2) is 4.98 Å². The van der Waals surface area contributed by atoms with Crippen molar-refractivity contribution in [2.24, 2.45) is 0 Å². The molecule has 1 N–H and O–H groups in total. The van der Waals surface area contributed by atoms with E-state index >= 15 is 0 Å². The third-order valence-electron chi connectivity index (χ3n) is 6.25. The van der Waals surface area contributed by atoms with Gasteiger partial charge in [-0.2, -0.15) is 0 Å². The van der Waals surface area contributed by atoms with Crippen molar-refractivity contribution >= 4 is 5.69 Å². The molecular weight excluding hydrogens is 374 g/mol. The second-order valence-corrected chi connectivity index (χ2v) is 8.32. The third kappa shape index (κ3) is 3.75. The lowest BCUT2D eigenvalue weighted by molar-refractivity contribution is 0.240. The van der Waals surface area contributed by atoms with Gasteiger partial charge in [0.25, 0.3) is 5.56 Å². The third-order valence-corrected chi connectivity index (χ3v) is 6.25. The Labute approximate surface area is 176 Å². The molecule has 154 valence electrons. The van der Waals surface area contributed by atoms with Crippen LogP contribution in [0.4, 0.5) is 5.69 Å². The van der Waals surface area contributed by atoms with Crippen LogP contribution in [0.5, 0.6) is 0 Å². The van der Waals surface area contributed by atoms with Crippen molar-refractivity contribution in [1.29, 1.82) is 0 Å². The zero-order chi connectivity index (χ0) is 20.5. The first-order valence-electron chi connectivity index (χ1n) is 10.8. The van der Waals surface area contributed by atoms with Crippen molar-refractivity contribution in [3.8, 4) is 11.5 Å². The van der Waals surface area contributed by atoms with E-state index in [2.05, 4.69) is 44.9 Å². The molecule has 4 heterocycles. The van der Waals surface area contributed by atoms with E-state index in [0.717, 1.165) is 30.8 Å². The van der Waals surface area contributed by atoms with Crippen LogP contribution in [-0.4, -0.2) is 39.5 Å². The Kier molecular flexibility index (Phi) is 5.09. The molecule has 3 aromatic rings. The van der Waals surface area contributed by atoms with Crippen molar-refractivity contribution in [1.82, 2.24) is 19.9 Å². The lowest BCUT2D eigenvalue weighted by Gasteiger charge is -2.28. The van der Waals surface area contributed by atoms with E-state index in [1.807, 2.05) is 18.2 Å². The minimum Gasteiger partial charge on any atom is -0.372 e. The maximum atomic E-state index is 12.6. The fraction of sp³-hybridized carbons (Fsp3) is 0.375. The van der Waals surface area contributed by atoms with Gasteiger partial charge in [-0.05, 0) is 61.6 Å². The minimum atomic E-state index is -0.0357. The number of nitrogens with one attached hydrogen (secondary N) is 1. The van der Waals surface area contributed by atoms with Crippen molar-refractivity contribution < 1.29 is 0 Å². The second kappa shape index (κ2) is 8.03. The van der Waals surface area contributed by atoms with Crippen LogP contribution in [0.3, 0.4) is 0 Å². The van der Waals surface area contributed by atoms with Gasteiger partial charge in [-0.15, -0.1) is 0 Å². The maximum absolute atomic E-state index is 12.6. The molecule has 0 radical (unpaired) electrons. The van der Waals surface area contributed by atoms with Gasteiger partial charge < -0.3 is 9.88 Å². The number of benzene rings is 1. The van der Waals surface area contributed by atoms with Gasteiger partial charge in [-0.1, -0.05) is 12.1 Å². The summed E-state index contributed by atoms with van der Waals surface area (Å²) < 4.78 is 0. The second-order valence-electron chi connectivity index (χ2n) is 8.32. The summed E-state index contributed by atoms with van der Waals surface area (Å²) in [5.74, 6) is 0.548. The van der Waals surface area contributed by atoms with Crippen LogP contribution in [0.2, 0.25) is 0 Å². The SMILES string of the molecule is Cc1cc(N2CCCC2)ccc1CN1CCc2c(nc(-c3ccccn3)[nH]c2=O)C1. The molecule has 2 aromatic heterocycles. The number of aromatic amines is 1. The summed E-state index contributed by atoms with van der Waals surface area (Å²) in [6.45, 7) is 6.97. The highest BCUT2D eigenvalue weighted by Gasteiger charge is 2.22. The molecule has 2 aliphatic heterocycles. The van der Waals surface area contributed by atoms with Gasteiger partial charge in [0, 0.05) is 50.2 Å². The van der Waals surface area contributed by atoms with E-state index < -0.39 is 0 Å². The summed E-state index contributed by atoms with van der Waals surface area (Å²) in [7, 11) is 0. The van der Waals surface area contributed by atoms with Gasteiger partial charge in [-0.3, -0.25) is 14.7 Å². The standard InChI is InChI=1S/C24H27N5O/c1-17-14-19(29-11-4-5-12-29)8-7-18(17)15-28-13-9-20-22(16-28)26-23(27-24(20)30)21-6-2-3-10-25-21/h2-3,6-8,10,14H,4-5,9,11-13,15-16H2,1H3,(H,26,27,30). The lowest BCUT2D eigenvalue weighted by atomic mass is 10.0. The van der Waals surface area contributed by atoms with Crippen LogP contribution < -0.4 is 10.5 Å². The Morgan fingerprint density at radius 3 is 2.73 bits per heavy atom. The van der Waals surface area contributed by atoms with Crippen LogP contribution in [0.1, 0.15) is 35.2 Å². The number of fused-ring (bicyclic) bond motifs is 1. The number of aryl methyl sites for hydroxylation is 1. The number of aromatic nitrogens is 3. The number of hydrogen-bond acceptors (Lipinski definition) is 5. The van der Waals surface area contributed by atoms with Crippen molar-refractivity contribution in [2.45, 2.75) is 39.3 Å². The molecule has 5 rings (SSSR count). The smallest absolute Gasteiger partial charge is 0.254 e. The molecule has 6 heteroatoms. The largest absolute Gasteiger partial charge is 0.372 e. The first-order chi connectivity index (χ1) is 14.7. The van der Waals surface area contributed by atoms with Gasteiger partial charge >= 0.3 is 0 Å². The van der Waals surface area contributed by atoms with Crippen LogP contribution in [0, 0.1) is 6.92 Å². The molecule has 6 nitrogen and oxygen atoms in total. The van der Waals surface area contributed by atoms with E-state index in [1.165, 1.54) is 42.7 Å². The number of hydrogen-bond donors (Lipinski definition) is 1. The summed E-state index contributed by atoms with van der Waals surface area (Å²) in [4.78, 5) is 29.4. The summed E-state index contributed by atoms with van der Waals surface area (Å²) in [5.41, 5.74) is 6.36. The zero-order valence-electron chi connectivity index (χ0n) is 17.4. The fourth-order valence-electron chi connectivity index (χ4n) is 4.52. The predicted molar refractivity (Wildman–Crippen MR) is 119 cm³/mol. The molecule has 0 spiro atoms. The average molecular weight is 402 g/mol. The van der Waals surface area contributed by atoms with Gasteiger partial charge in [0.1, 0.15) is 5.69 Å². The Hall–Kier alpha value is -2.99. The molecule has 1 fully saturated rings. The van der Waals surface area contributed by atoms with E-state index in [-0.39, 0.29) is 5.56 Å². The molecule has 30 heavy (non-hydrogen) atoms. The first-order valence-corrected chi connectivity index (χ1v) is 10.8. The topological polar surface area (TPSA) is 65.1 Å². The Morgan fingerprint density at radius 1 is 1.10 bits per heavy atom. The highest BCUT2D eigenvalue weighted by atomic mass is 16.1. The normalized spacial score (nSPS) is 16.6. The summed E-state index contributed by atoms with van der Waals surface area (Å²) in [6.07, 6.45) is 5.03. The number of anilines is 1. The lowest BCUT2D eigenvalue weighted by Crippen LogP contribution is -2.35. The van der Waals surface area contributed by atoms with Gasteiger partial charge in [0.05, 0.1) is 5.69 Å². The highest BCUT2D eigenvalue weighted by molar-refractivity contribution is 5.52. The van der Waals surface area contributed by atoms with E-state index in [4.69, 9.17) is 4.98 Å². The first kappa shape index (κ1) is 19.0. The molecule has 0 unspecified atom stereocenters. The molecule has 1 saturated heterocycles. The van der Waals surface area contributed by atoms with Crippen molar-refractivity contribution in [3.63, 3.8) is 0 Å². The summed E-state index contributed by atoms with van der Waals surface area (Å²) >= 11 is 0. The fourth-order valence-corrected chi connectivity index (χ4v) is 4.52. The number of rotatable bonds is 4. The molecule has 1 aromatic carbocycles. The van der Waals surface area contributed by atoms with Crippen LogP contribution in [0.15, 0.2) is 47.4 Å². The van der Waals surface area contributed by atoms with Crippen molar-refractivity contribution in [2.75, 3.05) is 24.5 Å². The van der Waals surface area contributed by atoms with E-state index in [9.17, 15) is 4.79 Å². The molecule has 2 aliphatic rings. The monoisotopic (exact) mass is 401 g/mol. The minimum absolute atomic E-state index is 0.0357.